The van der Waals surface area contributed by atoms with Gasteiger partial charge < -0.3 is 20.5 Å². The molecule has 1 aromatic rings. The number of nitrogens with two attached hydrogens (primary N) is 1. The Morgan fingerprint density at radius 2 is 1.94 bits per heavy atom. The molecule has 1 aromatic carbocycles. The molecule has 0 amide bonds. The fourth-order valence-electron chi connectivity index (χ4n) is 1.15. The number of hydrogen-bond donors (Lipinski definition) is 1. The Morgan fingerprint density at radius 3 is 2.31 bits per heavy atom. The summed E-state index contributed by atoms with van der Waals surface area (Å²) in [5.74, 6) is -1.22. The Bertz CT molecular complexity index is 381. The number of carboxylic acids is 1. The zero-order valence-electron chi connectivity index (χ0n) is 9.27. The Morgan fingerprint density at radius 1 is 1.44 bits per heavy atom. The van der Waals surface area contributed by atoms with Gasteiger partial charge in [0.05, 0.1) is 12.5 Å². The van der Waals surface area contributed by atoms with Crippen molar-refractivity contribution in [2.75, 3.05) is 11.4 Å². The minimum Gasteiger partial charge on any atom is -0.548 e. The average molecular weight is 246 g/mol. The van der Waals surface area contributed by atoms with Crippen LogP contribution < -0.4 is 45.3 Å². The topological polar surface area (TPSA) is 69.4 Å². The van der Waals surface area contributed by atoms with E-state index in [0.29, 0.717) is 5.69 Å². The van der Waals surface area contributed by atoms with E-state index in [2.05, 4.69) is 0 Å². The first-order valence-electron chi connectivity index (χ1n) is 4.34. The van der Waals surface area contributed by atoms with Crippen LogP contribution in [0.25, 0.3) is 0 Å². The van der Waals surface area contributed by atoms with Crippen molar-refractivity contribution in [1.29, 1.82) is 0 Å². The van der Waals surface area contributed by atoms with Crippen LogP contribution >= 0.6 is 12.2 Å². The Balaban J connectivity index is 0.00000225. The molecule has 4 nitrogen and oxygen atoms in total. The third kappa shape index (κ3) is 4.49. The number of carbonyl (C=O) groups is 1. The second-order valence-electron chi connectivity index (χ2n) is 3.13. The first-order valence-corrected chi connectivity index (χ1v) is 4.75. The quantitative estimate of drug-likeness (QED) is 0.449. The molecule has 0 saturated carbocycles. The van der Waals surface area contributed by atoms with Gasteiger partial charge in [0.25, 0.3) is 0 Å². The van der Waals surface area contributed by atoms with Gasteiger partial charge in [0.15, 0.2) is 5.11 Å². The minimum absolute atomic E-state index is 0. The number of benzene rings is 1. The zero-order chi connectivity index (χ0) is 11.4. The molecule has 0 heterocycles. The molecular formula is C10H11N2NaO2S. The smallest absolute Gasteiger partial charge is 0.548 e. The third-order valence-corrected chi connectivity index (χ3v) is 2.12. The number of carboxylic acid groups (broad SMARTS) is 1. The molecule has 80 valence electrons. The standard InChI is InChI=1S/C10H12N2O2S.Na/c1-7-2-4-8(5-3-7)12(10(11)15)6-9(13)14;/h2-5H,6H2,1H3,(H2,11,15)(H,13,14);/q;+1/p-1. The van der Waals surface area contributed by atoms with Crippen LogP contribution in [0.1, 0.15) is 5.56 Å². The number of thiocarbonyl (C=S) groups is 1. The number of carbonyl (C=O) groups excluding carboxylic acids is 1. The van der Waals surface area contributed by atoms with Crippen LogP contribution in [0.3, 0.4) is 0 Å². The van der Waals surface area contributed by atoms with E-state index < -0.39 is 5.97 Å². The van der Waals surface area contributed by atoms with Gasteiger partial charge in [-0.25, -0.2) is 0 Å². The largest absolute Gasteiger partial charge is 1.00 e. The average Bonchev–Trinajstić information content (AvgIpc) is 2.15. The van der Waals surface area contributed by atoms with E-state index in [1.54, 1.807) is 12.1 Å². The van der Waals surface area contributed by atoms with Crippen molar-refractivity contribution in [3.63, 3.8) is 0 Å². The van der Waals surface area contributed by atoms with E-state index in [4.69, 9.17) is 18.0 Å². The molecule has 0 aliphatic heterocycles. The molecule has 0 saturated heterocycles. The Labute approximate surface area is 122 Å². The summed E-state index contributed by atoms with van der Waals surface area (Å²) in [4.78, 5) is 11.8. The molecule has 0 aliphatic rings. The van der Waals surface area contributed by atoms with Crippen molar-refractivity contribution in [3.8, 4) is 0 Å². The van der Waals surface area contributed by atoms with Crippen molar-refractivity contribution < 1.29 is 39.5 Å². The van der Waals surface area contributed by atoms with E-state index >= 15 is 0 Å². The van der Waals surface area contributed by atoms with Gasteiger partial charge in [-0.15, -0.1) is 0 Å². The fourth-order valence-corrected chi connectivity index (χ4v) is 1.32. The molecule has 0 unspecified atom stereocenters. The number of hydrogen-bond acceptors (Lipinski definition) is 3. The van der Waals surface area contributed by atoms with Gasteiger partial charge in [-0.3, -0.25) is 0 Å². The summed E-state index contributed by atoms with van der Waals surface area (Å²) >= 11 is 4.76. The van der Waals surface area contributed by atoms with Gasteiger partial charge in [0.1, 0.15) is 0 Å². The third-order valence-electron chi connectivity index (χ3n) is 1.90. The number of nitrogens with zero attached hydrogens (tertiary/aromatic N) is 1. The minimum atomic E-state index is -1.22. The van der Waals surface area contributed by atoms with Crippen LogP contribution in [0.4, 0.5) is 5.69 Å². The predicted octanol–water partition coefficient (Wildman–Crippen LogP) is -3.20. The molecule has 0 aromatic heterocycles. The van der Waals surface area contributed by atoms with Gasteiger partial charge >= 0.3 is 29.6 Å². The SMILES string of the molecule is Cc1ccc(N(CC(=O)[O-])C(N)=S)cc1.[Na+]. The number of rotatable bonds is 3. The zero-order valence-corrected chi connectivity index (χ0v) is 12.1. The predicted molar refractivity (Wildman–Crippen MR) is 60.3 cm³/mol. The van der Waals surface area contributed by atoms with Crippen molar-refractivity contribution in [2.24, 2.45) is 5.73 Å². The Hall–Kier alpha value is -0.620. The monoisotopic (exact) mass is 246 g/mol. The summed E-state index contributed by atoms with van der Waals surface area (Å²) in [6.07, 6.45) is 0. The molecule has 0 aliphatic carbocycles. The van der Waals surface area contributed by atoms with E-state index in [1.165, 1.54) is 4.90 Å². The van der Waals surface area contributed by atoms with Crippen molar-refractivity contribution >= 4 is 29.0 Å². The molecule has 2 N–H and O–H groups in total. The summed E-state index contributed by atoms with van der Waals surface area (Å²) < 4.78 is 0. The van der Waals surface area contributed by atoms with Gasteiger partial charge in [0.2, 0.25) is 0 Å². The molecule has 0 fully saturated rings. The van der Waals surface area contributed by atoms with Gasteiger partial charge in [-0.1, -0.05) is 17.7 Å². The van der Waals surface area contributed by atoms with Gasteiger partial charge in [-0.05, 0) is 31.3 Å². The summed E-state index contributed by atoms with van der Waals surface area (Å²) in [7, 11) is 0. The number of aryl methyl sites for hydroxylation is 1. The normalized spacial score (nSPS) is 9.06. The molecule has 0 radical (unpaired) electrons. The van der Waals surface area contributed by atoms with Crippen molar-refractivity contribution in [3.05, 3.63) is 29.8 Å². The van der Waals surface area contributed by atoms with E-state index in [0.717, 1.165) is 5.56 Å². The molecule has 6 heteroatoms. The Kier molecular flexibility index (Phi) is 6.59. The first kappa shape index (κ1) is 15.4. The molecule has 0 atom stereocenters. The molecular weight excluding hydrogens is 235 g/mol. The van der Waals surface area contributed by atoms with E-state index in [1.807, 2.05) is 19.1 Å². The molecule has 0 bridgehead atoms. The summed E-state index contributed by atoms with van der Waals surface area (Å²) in [6, 6.07) is 7.24. The van der Waals surface area contributed by atoms with Gasteiger partial charge in [-0.2, -0.15) is 0 Å². The fraction of sp³-hybridized carbons (Fsp3) is 0.200. The van der Waals surface area contributed by atoms with E-state index in [-0.39, 0.29) is 41.2 Å². The molecule has 0 spiro atoms. The van der Waals surface area contributed by atoms with Crippen LogP contribution in [0, 0.1) is 6.92 Å². The van der Waals surface area contributed by atoms with Crippen LogP contribution in [0.2, 0.25) is 0 Å². The van der Waals surface area contributed by atoms with Gasteiger partial charge in [0, 0.05) is 5.69 Å². The van der Waals surface area contributed by atoms with Crippen molar-refractivity contribution in [1.82, 2.24) is 0 Å². The number of anilines is 1. The molecule has 1 rings (SSSR count). The van der Waals surface area contributed by atoms with E-state index in [9.17, 15) is 9.90 Å². The molecule has 16 heavy (non-hydrogen) atoms. The van der Waals surface area contributed by atoms with Crippen LogP contribution in [-0.2, 0) is 4.79 Å². The van der Waals surface area contributed by atoms with Crippen molar-refractivity contribution in [2.45, 2.75) is 6.92 Å². The number of aliphatic carboxylic acids is 1. The summed E-state index contributed by atoms with van der Waals surface area (Å²) in [6.45, 7) is 1.60. The summed E-state index contributed by atoms with van der Waals surface area (Å²) in [5.41, 5.74) is 7.15. The van der Waals surface area contributed by atoms with Crippen LogP contribution in [-0.4, -0.2) is 17.6 Å². The summed E-state index contributed by atoms with van der Waals surface area (Å²) in [5, 5.41) is 10.5. The van der Waals surface area contributed by atoms with Crippen LogP contribution in [0.15, 0.2) is 24.3 Å². The second kappa shape index (κ2) is 6.85. The maximum absolute atomic E-state index is 10.5. The maximum atomic E-state index is 10.5. The maximum Gasteiger partial charge on any atom is 1.00 e. The second-order valence-corrected chi connectivity index (χ2v) is 3.55. The first-order chi connectivity index (χ1) is 7.00. The van der Waals surface area contributed by atoms with Crippen LogP contribution in [0.5, 0.6) is 0 Å².